The Kier molecular flexibility index (Phi) is 9.80. The highest BCUT2D eigenvalue weighted by Gasteiger charge is 2.15. The fraction of sp³-hybridized carbons (Fsp3) is 1.00. The molecule has 0 aromatic carbocycles. The summed E-state index contributed by atoms with van der Waals surface area (Å²) < 4.78 is 21.9. The Balaban J connectivity index is 1.90. The number of hydrogen-bond acceptors (Lipinski definition) is 3. The van der Waals surface area contributed by atoms with Crippen LogP contribution < -0.4 is 0 Å². The van der Waals surface area contributed by atoms with E-state index >= 15 is 0 Å². The van der Waals surface area contributed by atoms with Crippen molar-refractivity contribution in [2.45, 2.75) is 71.1 Å². The Bertz CT molecular complexity index is 215. The molecule has 1 aliphatic rings. The van der Waals surface area contributed by atoms with E-state index in [2.05, 4.69) is 6.92 Å². The zero-order chi connectivity index (χ0) is 13.1. The van der Waals surface area contributed by atoms with Gasteiger partial charge in [-0.25, -0.2) is 0 Å². The SMILES string of the molecule is CCCCCCCOS(=O)OCC1CCCCC1. The lowest BCUT2D eigenvalue weighted by Gasteiger charge is -2.20. The van der Waals surface area contributed by atoms with Crippen molar-refractivity contribution in [2.24, 2.45) is 5.92 Å². The van der Waals surface area contributed by atoms with E-state index in [9.17, 15) is 4.21 Å². The van der Waals surface area contributed by atoms with E-state index in [0.717, 1.165) is 12.8 Å². The van der Waals surface area contributed by atoms with E-state index < -0.39 is 11.4 Å². The van der Waals surface area contributed by atoms with Crippen LogP contribution in [0.4, 0.5) is 0 Å². The van der Waals surface area contributed by atoms with Gasteiger partial charge in [0.1, 0.15) is 0 Å². The number of rotatable bonds is 10. The largest absolute Gasteiger partial charge is 0.304 e. The second-order valence-electron chi connectivity index (χ2n) is 5.23. The van der Waals surface area contributed by atoms with Crippen molar-refractivity contribution < 1.29 is 12.6 Å². The van der Waals surface area contributed by atoms with Crippen LogP contribution in [0.5, 0.6) is 0 Å². The van der Waals surface area contributed by atoms with Crippen LogP contribution in [-0.2, 0) is 19.7 Å². The summed E-state index contributed by atoms with van der Waals surface area (Å²) in [5, 5.41) is 0. The molecule has 1 rings (SSSR count). The molecule has 3 nitrogen and oxygen atoms in total. The van der Waals surface area contributed by atoms with E-state index in [-0.39, 0.29) is 0 Å². The first-order valence-electron chi connectivity index (χ1n) is 7.51. The minimum atomic E-state index is -1.53. The van der Waals surface area contributed by atoms with Crippen molar-refractivity contribution in [3.63, 3.8) is 0 Å². The van der Waals surface area contributed by atoms with Gasteiger partial charge in [0.25, 0.3) is 0 Å². The molecule has 0 N–H and O–H groups in total. The molecule has 0 aromatic rings. The van der Waals surface area contributed by atoms with Crippen molar-refractivity contribution in [3.8, 4) is 0 Å². The lowest BCUT2D eigenvalue weighted by molar-refractivity contribution is 0.189. The lowest BCUT2D eigenvalue weighted by Crippen LogP contribution is -2.15. The maximum absolute atomic E-state index is 11.4. The third-order valence-electron chi connectivity index (χ3n) is 3.55. The molecule has 1 atom stereocenters. The van der Waals surface area contributed by atoms with Gasteiger partial charge in [0, 0.05) is 0 Å². The molecule has 0 saturated heterocycles. The van der Waals surface area contributed by atoms with Gasteiger partial charge in [-0.15, -0.1) is 0 Å². The maximum atomic E-state index is 11.4. The number of unbranched alkanes of at least 4 members (excludes halogenated alkanes) is 4. The van der Waals surface area contributed by atoms with Gasteiger partial charge in [0.05, 0.1) is 13.2 Å². The van der Waals surface area contributed by atoms with E-state index in [1.54, 1.807) is 0 Å². The smallest absolute Gasteiger partial charge is 0.268 e. The van der Waals surface area contributed by atoms with Crippen LogP contribution in [0.2, 0.25) is 0 Å². The van der Waals surface area contributed by atoms with Crippen LogP contribution in [-0.4, -0.2) is 17.4 Å². The monoisotopic (exact) mass is 276 g/mol. The highest BCUT2D eigenvalue weighted by Crippen LogP contribution is 2.23. The molecule has 18 heavy (non-hydrogen) atoms. The molecule has 0 bridgehead atoms. The molecular weight excluding hydrogens is 248 g/mol. The molecule has 0 aromatic heterocycles. The minimum Gasteiger partial charge on any atom is -0.268 e. The predicted molar refractivity (Wildman–Crippen MR) is 75.4 cm³/mol. The normalized spacial score (nSPS) is 18.9. The van der Waals surface area contributed by atoms with Crippen LogP contribution in [0.15, 0.2) is 0 Å². The summed E-state index contributed by atoms with van der Waals surface area (Å²) >= 11 is -1.53. The van der Waals surface area contributed by atoms with Gasteiger partial charge in [-0.2, -0.15) is 4.21 Å². The summed E-state index contributed by atoms with van der Waals surface area (Å²) in [7, 11) is 0. The summed E-state index contributed by atoms with van der Waals surface area (Å²) in [5.41, 5.74) is 0. The molecule has 0 aliphatic heterocycles. The van der Waals surface area contributed by atoms with Crippen molar-refractivity contribution >= 4 is 11.4 Å². The lowest BCUT2D eigenvalue weighted by atomic mass is 9.90. The Hall–Kier alpha value is 0.0700. The highest BCUT2D eigenvalue weighted by molar-refractivity contribution is 7.75. The molecule has 0 heterocycles. The van der Waals surface area contributed by atoms with Gasteiger partial charge in [-0.1, -0.05) is 51.9 Å². The van der Waals surface area contributed by atoms with Crippen molar-refractivity contribution in [2.75, 3.05) is 13.2 Å². The van der Waals surface area contributed by atoms with Gasteiger partial charge in [-0.05, 0) is 25.2 Å². The fourth-order valence-corrected chi connectivity index (χ4v) is 3.00. The van der Waals surface area contributed by atoms with Crippen molar-refractivity contribution in [1.82, 2.24) is 0 Å². The second-order valence-corrected chi connectivity index (χ2v) is 6.11. The summed E-state index contributed by atoms with van der Waals surface area (Å²) in [4.78, 5) is 0. The molecule has 108 valence electrons. The van der Waals surface area contributed by atoms with Crippen LogP contribution in [0, 0.1) is 5.92 Å². The molecule has 1 aliphatic carbocycles. The van der Waals surface area contributed by atoms with Crippen LogP contribution >= 0.6 is 0 Å². The fourth-order valence-electron chi connectivity index (χ4n) is 2.37. The van der Waals surface area contributed by atoms with E-state index in [1.165, 1.54) is 51.4 Å². The molecule has 0 amide bonds. The Morgan fingerprint density at radius 3 is 2.44 bits per heavy atom. The van der Waals surface area contributed by atoms with Crippen LogP contribution in [0.3, 0.4) is 0 Å². The molecule has 0 radical (unpaired) electrons. The molecule has 1 saturated carbocycles. The van der Waals surface area contributed by atoms with E-state index in [0.29, 0.717) is 19.1 Å². The Morgan fingerprint density at radius 1 is 1.00 bits per heavy atom. The first-order chi connectivity index (χ1) is 8.83. The van der Waals surface area contributed by atoms with Gasteiger partial charge < -0.3 is 0 Å². The van der Waals surface area contributed by atoms with Gasteiger partial charge in [0.2, 0.25) is 0 Å². The Morgan fingerprint density at radius 2 is 1.72 bits per heavy atom. The predicted octanol–water partition coefficient (Wildman–Crippen LogP) is 4.15. The van der Waals surface area contributed by atoms with E-state index in [4.69, 9.17) is 8.37 Å². The highest BCUT2D eigenvalue weighted by atomic mass is 32.2. The maximum Gasteiger partial charge on any atom is 0.304 e. The molecule has 1 unspecified atom stereocenters. The summed E-state index contributed by atoms with van der Waals surface area (Å²) in [6.45, 7) is 3.36. The van der Waals surface area contributed by atoms with Crippen LogP contribution in [0.1, 0.15) is 71.1 Å². The first kappa shape index (κ1) is 16.1. The average molecular weight is 276 g/mol. The van der Waals surface area contributed by atoms with Crippen molar-refractivity contribution in [3.05, 3.63) is 0 Å². The zero-order valence-electron chi connectivity index (χ0n) is 11.7. The molecule has 4 heteroatoms. The minimum absolute atomic E-state index is 0.557. The second kappa shape index (κ2) is 10.9. The first-order valence-corrected chi connectivity index (χ1v) is 8.51. The topological polar surface area (TPSA) is 35.5 Å². The summed E-state index contributed by atoms with van der Waals surface area (Å²) in [5.74, 6) is 0.593. The molecule has 1 fully saturated rings. The third-order valence-corrected chi connectivity index (χ3v) is 4.24. The van der Waals surface area contributed by atoms with E-state index in [1.807, 2.05) is 0 Å². The third kappa shape index (κ3) is 8.22. The molecular formula is C14H28O3S. The number of hydrogen-bond donors (Lipinski definition) is 0. The van der Waals surface area contributed by atoms with Gasteiger partial charge in [-0.3, -0.25) is 8.37 Å². The summed E-state index contributed by atoms with van der Waals surface area (Å²) in [6, 6.07) is 0. The van der Waals surface area contributed by atoms with Crippen molar-refractivity contribution in [1.29, 1.82) is 0 Å². The quantitative estimate of drug-likeness (QED) is 0.562. The molecule has 0 spiro atoms. The standard InChI is InChI=1S/C14H28O3S/c1-2-3-4-5-9-12-16-18(15)17-13-14-10-7-6-8-11-14/h14H,2-13H2,1H3. The Labute approximate surface area is 114 Å². The summed E-state index contributed by atoms with van der Waals surface area (Å²) in [6.07, 6.45) is 12.3. The van der Waals surface area contributed by atoms with Crippen LogP contribution in [0.25, 0.3) is 0 Å². The van der Waals surface area contributed by atoms with Gasteiger partial charge in [0.15, 0.2) is 0 Å². The van der Waals surface area contributed by atoms with Gasteiger partial charge >= 0.3 is 11.4 Å². The average Bonchev–Trinajstić information content (AvgIpc) is 2.41. The zero-order valence-corrected chi connectivity index (χ0v) is 12.5.